The molecule has 1 heterocycles. The molecule has 3 atom stereocenters. The second kappa shape index (κ2) is 5.57. The van der Waals surface area contributed by atoms with Crippen molar-refractivity contribution in [2.75, 3.05) is 12.9 Å². The van der Waals surface area contributed by atoms with Crippen LogP contribution in [0.25, 0.3) is 0 Å². The van der Waals surface area contributed by atoms with Crippen molar-refractivity contribution in [1.29, 1.82) is 0 Å². The first kappa shape index (κ1) is 12.6. The molecule has 7 heteroatoms. The highest BCUT2D eigenvalue weighted by Crippen LogP contribution is 2.54. The van der Waals surface area contributed by atoms with Gasteiger partial charge in [0.1, 0.15) is 7.85 Å². The van der Waals surface area contributed by atoms with Crippen LogP contribution in [-0.2, 0) is 13.8 Å². The van der Waals surface area contributed by atoms with Crippen LogP contribution in [0, 0.1) is 0 Å². The topological polar surface area (TPSA) is 55.8 Å². The predicted octanol–water partition coefficient (Wildman–Crippen LogP) is 1.53. The van der Waals surface area contributed by atoms with Crippen molar-refractivity contribution in [2.24, 2.45) is 0 Å². The molecule has 0 bridgehead atoms. The van der Waals surface area contributed by atoms with Crippen molar-refractivity contribution >= 4 is 26.0 Å². The summed E-state index contributed by atoms with van der Waals surface area (Å²) in [4.78, 5) is 9.13. The minimum Gasteiger partial charge on any atom is -0.382 e. The monoisotopic (exact) mass is 236 g/mol. The van der Waals surface area contributed by atoms with Crippen LogP contribution in [-0.4, -0.2) is 37.7 Å². The molecule has 1 aliphatic rings. The van der Waals surface area contributed by atoms with Gasteiger partial charge >= 0.3 is 6.80 Å². The fourth-order valence-electron chi connectivity index (χ4n) is 1.28. The van der Waals surface area contributed by atoms with Crippen LogP contribution in [0.4, 0.5) is 0 Å². The third kappa shape index (κ3) is 4.36. The molecule has 80 valence electrons. The fourth-order valence-corrected chi connectivity index (χ4v) is 2.24. The van der Waals surface area contributed by atoms with Gasteiger partial charge in [-0.05, 0) is 36.9 Å². The van der Waals surface area contributed by atoms with E-state index in [9.17, 15) is 4.57 Å². The minimum absolute atomic E-state index is 0.141. The molecule has 0 aromatic carbocycles. The van der Waals surface area contributed by atoms with E-state index in [0.717, 1.165) is 30.6 Å². The molecule has 0 aliphatic carbocycles. The lowest BCUT2D eigenvalue weighted by Crippen LogP contribution is -2.30. The van der Waals surface area contributed by atoms with E-state index in [1.807, 2.05) is 0 Å². The standard InChI is InChI=1S/C7H14BO4PS/c1-14-13(9,10)11-5-6-3-2-4-7(8)12-6/h6-7H,2-5H2,1H3,(H,9,10)/t6-,7+/m0/s1. The van der Waals surface area contributed by atoms with Crippen LogP contribution in [0.1, 0.15) is 19.3 Å². The molecule has 0 spiro atoms. The molecule has 0 aromatic rings. The van der Waals surface area contributed by atoms with Crippen molar-refractivity contribution < 1.29 is 18.7 Å². The van der Waals surface area contributed by atoms with E-state index >= 15 is 0 Å². The van der Waals surface area contributed by atoms with Crippen LogP contribution in [0.2, 0.25) is 0 Å². The second-order valence-electron chi connectivity index (χ2n) is 3.17. The van der Waals surface area contributed by atoms with Crippen LogP contribution in [0.5, 0.6) is 0 Å². The Morgan fingerprint density at radius 3 is 3.00 bits per heavy atom. The van der Waals surface area contributed by atoms with Crippen LogP contribution < -0.4 is 0 Å². The zero-order valence-corrected chi connectivity index (χ0v) is 9.80. The smallest absolute Gasteiger partial charge is 0.382 e. The zero-order chi connectivity index (χ0) is 10.6. The molecule has 2 radical (unpaired) electrons. The van der Waals surface area contributed by atoms with Crippen molar-refractivity contribution in [3.8, 4) is 0 Å². The quantitative estimate of drug-likeness (QED) is 0.592. The van der Waals surface area contributed by atoms with Crippen LogP contribution >= 0.6 is 18.2 Å². The van der Waals surface area contributed by atoms with Gasteiger partial charge in [0, 0.05) is 6.00 Å². The molecule has 0 aromatic heterocycles. The highest BCUT2D eigenvalue weighted by atomic mass is 32.7. The lowest BCUT2D eigenvalue weighted by molar-refractivity contribution is -0.0323. The van der Waals surface area contributed by atoms with Crippen LogP contribution in [0.15, 0.2) is 0 Å². The first-order valence-electron chi connectivity index (χ1n) is 4.47. The van der Waals surface area contributed by atoms with Crippen LogP contribution in [0.3, 0.4) is 0 Å². The summed E-state index contributed by atoms with van der Waals surface area (Å²) in [6.45, 7) is -3.32. The summed E-state index contributed by atoms with van der Waals surface area (Å²) in [5, 5.41) is 0. The first-order chi connectivity index (χ1) is 6.53. The maximum Gasteiger partial charge on any atom is 0.386 e. The molecular formula is C7H14BO4PS. The average Bonchev–Trinajstić information content (AvgIpc) is 2.15. The number of rotatable bonds is 4. The molecule has 1 aliphatic heterocycles. The Kier molecular flexibility index (Phi) is 5.01. The van der Waals surface area contributed by atoms with Gasteiger partial charge in [-0.2, -0.15) is 0 Å². The van der Waals surface area contributed by atoms with Crippen molar-refractivity contribution in [2.45, 2.75) is 31.4 Å². The third-order valence-corrected chi connectivity index (χ3v) is 4.67. The number of hydrogen-bond donors (Lipinski definition) is 1. The molecular weight excluding hydrogens is 222 g/mol. The van der Waals surface area contributed by atoms with Gasteiger partial charge in [-0.25, -0.2) is 4.57 Å². The highest BCUT2D eigenvalue weighted by molar-refractivity contribution is 8.54. The summed E-state index contributed by atoms with van der Waals surface area (Å²) >= 11 is 0.819. The molecule has 1 N–H and O–H groups in total. The van der Waals surface area contributed by atoms with Gasteiger partial charge in [-0.3, -0.25) is 4.52 Å². The lowest BCUT2D eigenvalue weighted by atomic mass is 9.91. The maximum absolute atomic E-state index is 11.1. The van der Waals surface area contributed by atoms with Gasteiger partial charge in [0.15, 0.2) is 0 Å². The Morgan fingerprint density at radius 1 is 1.71 bits per heavy atom. The maximum atomic E-state index is 11.1. The van der Waals surface area contributed by atoms with Gasteiger partial charge in [0.05, 0.1) is 12.7 Å². The first-order valence-corrected chi connectivity index (χ1v) is 7.88. The summed E-state index contributed by atoms with van der Waals surface area (Å²) < 4.78 is 21.3. The Morgan fingerprint density at radius 2 is 2.43 bits per heavy atom. The van der Waals surface area contributed by atoms with Crippen molar-refractivity contribution in [3.05, 3.63) is 0 Å². The molecule has 14 heavy (non-hydrogen) atoms. The van der Waals surface area contributed by atoms with E-state index in [4.69, 9.17) is 22.0 Å². The molecule has 4 nitrogen and oxygen atoms in total. The molecule has 1 unspecified atom stereocenters. The van der Waals surface area contributed by atoms with E-state index in [1.54, 1.807) is 0 Å². The minimum atomic E-state index is -3.46. The highest BCUT2D eigenvalue weighted by Gasteiger charge is 2.24. The number of ether oxygens (including phenoxy) is 1. The molecule has 1 fully saturated rings. The van der Waals surface area contributed by atoms with Crippen molar-refractivity contribution in [3.63, 3.8) is 0 Å². The Balaban J connectivity index is 2.27. The summed E-state index contributed by atoms with van der Waals surface area (Å²) in [6, 6.07) is -0.260. The van der Waals surface area contributed by atoms with Gasteiger partial charge in [-0.15, -0.1) is 0 Å². The van der Waals surface area contributed by atoms with Gasteiger partial charge in [0.2, 0.25) is 0 Å². The molecule has 0 amide bonds. The lowest BCUT2D eigenvalue weighted by Gasteiger charge is -2.28. The molecule has 1 saturated heterocycles. The van der Waals surface area contributed by atoms with Gasteiger partial charge in [-0.1, -0.05) is 0 Å². The van der Waals surface area contributed by atoms with Crippen molar-refractivity contribution in [1.82, 2.24) is 0 Å². The van der Waals surface area contributed by atoms with E-state index in [0.29, 0.717) is 0 Å². The van der Waals surface area contributed by atoms with E-state index in [2.05, 4.69) is 0 Å². The fraction of sp³-hybridized carbons (Fsp3) is 1.00. The predicted molar refractivity (Wildman–Crippen MR) is 57.6 cm³/mol. The molecule has 0 saturated carbocycles. The Bertz CT molecular complexity index is 228. The summed E-state index contributed by atoms with van der Waals surface area (Å²) in [5.74, 6) is 0. The number of hydrogen-bond acceptors (Lipinski definition) is 4. The molecule has 1 rings (SSSR count). The Labute approximate surface area is 89.4 Å². The SMILES string of the molecule is [B][C@H]1CCC[C@@H](COP(=O)(O)SC)O1. The van der Waals surface area contributed by atoms with E-state index in [1.165, 1.54) is 6.26 Å². The Hall–Kier alpha value is 0.525. The summed E-state index contributed by atoms with van der Waals surface area (Å²) in [7, 11) is 5.58. The largest absolute Gasteiger partial charge is 0.386 e. The summed E-state index contributed by atoms with van der Waals surface area (Å²) in [6.07, 6.45) is 4.04. The third-order valence-electron chi connectivity index (χ3n) is 2.04. The normalized spacial score (nSPS) is 32.4. The van der Waals surface area contributed by atoms with E-state index < -0.39 is 6.80 Å². The van der Waals surface area contributed by atoms with Gasteiger partial charge < -0.3 is 9.63 Å². The van der Waals surface area contributed by atoms with E-state index in [-0.39, 0.29) is 18.7 Å². The van der Waals surface area contributed by atoms with Gasteiger partial charge in [0.25, 0.3) is 0 Å². The second-order valence-corrected chi connectivity index (χ2v) is 7.21. The summed E-state index contributed by atoms with van der Waals surface area (Å²) in [5.41, 5.74) is 0. The zero-order valence-electron chi connectivity index (χ0n) is 8.09. The average molecular weight is 236 g/mol.